The van der Waals surface area contributed by atoms with Gasteiger partial charge in [-0.2, -0.15) is 0 Å². The molecule has 0 amide bonds. The van der Waals surface area contributed by atoms with Gasteiger partial charge in [0.05, 0.1) is 12.8 Å². The third-order valence-electron chi connectivity index (χ3n) is 2.85. The van der Waals surface area contributed by atoms with Gasteiger partial charge >= 0.3 is 0 Å². The molecule has 0 saturated carbocycles. The Balaban J connectivity index is 1.96. The first-order valence-corrected chi connectivity index (χ1v) is 5.76. The van der Waals surface area contributed by atoms with E-state index in [4.69, 9.17) is 10.5 Å². The van der Waals surface area contributed by atoms with Crippen molar-refractivity contribution in [2.24, 2.45) is 0 Å². The topological polar surface area (TPSA) is 88.8 Å². The Morgan fingerprint density at radius 1 is 1.21 bits per heavy atom. The van der Waals surface area contributed by atoms with Crippen molar-refractivity contribution in [3.8, 4) is 5.75 Å². The van der Waals surface area contributed by atoms with Gasteiger partial charge in [0.1, 0.15) is 23.1 Å². The SMILES string of the molecule is COc1ccc(Nc2ncnc3c(N)c[nH]c23)cc1. The highest BCUT2D eigenvalue weighted by molar-refractivity contribution is 5.95. The van der Waals surface area contributed by atoms with Crippen molar-refractivity contribution in [2.45, 2.75) is 0 Å². The summed E-state index contributed by atoms with van der Waals surface area (Å²) in [6.45, 7) is 0. The fourth-order valence-electron chi connectivity index (χ4n) is 1.87. The van der Waals surface area contributed by atoms with E-state index < -0.39 is 0 Å². The van der Waals surface area contributed by atoms with Crippen LogP contribution in [0.1, 0.15) is 0 Å². The Bertz CT molecular complexity index is 705. The highest BCUT2D eigenvalue weighted by Crippen LogP contribution is 2.26. The number of nitrogen functional groups attached to an aromatic ring is 1. The van der Waals surface area contributed by atoms with Crippen molar-refractivity contribution in [3.63, 3.8) is 0 Å². The smallest absolute Gasteiger partial charge is 0.158 e. The molecule has 0 aliphatic carbocycles. The zero-order chi connectivity index (χ0) is 13.2. The quantitative estimate of drug-likeness (QED) is 0.668. The van der Waals surface area contributed by atoms with E-state index in [1.807, 2.05) is 24.3 Å². The Hall–Kier alpha value is -2.76. The van der Waals surface area contributed by atoms with Crippen LogP contribution in [0, 0.1) is 0 Å². The van der Waals surface area contributed by atoms with E-state index >= 15 is 0 Å². The molecule has 0 radical (unpaired) electrons. The lowest BCUT2D eigenvalue weighted by molar-refractivity contribution is 0.415. The molecule has 0 aliphatic rings. The number of aromatic nitrogens is 3. The number of fused-ring (bicyclic) bond motifs is 1. The van der Waals surface area contributed by atoms with Gasteiger partial charge in [-0.15, -0.1) is 0 Å². The number of aromatic amines is 1. The molecule has 0 aliphatic heterocycles. The van der Waals surface area contributed by atoms with Gasteiger partial charge in [-0.3, -0.25) is 0 Å². The van der Waals surface area contributed by atoms with Crippen molar-refractivity contribution in [1.29, 1.82) is 0 Å². The van der Waals surface area contributed by atoms with Crippen LogP contribution in [0.4, 0.5) is 17.2 Å². The number of benzene rings is 1. The number of nitrogens with zero attached hydrogens (tertiary/aromatic N) is 2. The summed E-state index contributed by atoms with van der Waals surface area (Å²) in [4.78, 5) is 11.4. The number of nitrogens with two attached hydrogens (primary N) is 1. The number of H-pyrrole nitrogens is 1. The summed E-state index contributed by atoms with van der Waals surface area (Å²) in [5.74, 6) is 1.49. The summed E-state index contributed by atoms with van der Waals surface area (Å²) in [5.41, 5.74) is 8.83. The van der Waals surface area contributed by atoms with E-state index in [-0.39, 0.29) is 0 Å². The third-order valence-corrected chi connectivity index (χ3v) is 2.85. The molecule has 4 N–H and O–H groups in total. The summed E-state index contributed by atoms with van der Waals surface area (Å²) in [7, 11) is 1.64. The first-order chi connectivity index (χ1) is 9.28. The molecule has 96 valence electrons. The molecule has 6 heteroatoms. The minimum atomic E-state index is 0.607. The number of hydrogen-bond acceptors (Lipinski definition) is 5. The van der Waals surface area contributed by atoms with Gasteiger partial charge in [-0.1, -0.05) is 0 Å². The van der Waals surface area contributed by atoms with Crippen molar-refractivity contribution in [1.82, 2.24) is 15.0 Å². The van der Waals surface area contributed by atoms with Crippen molar-refractivity contribution >= 4 is 28.2 Å². The molecule has 0 fully saturated rings. The first kappa shape index (κ1) is 11.3. The van der Waals surface area contributed by atoms with Crippen LogP contribution in [0.25, 0.3) is 11.0 Å². The maximum absolute atomic E-state index is 5.81. The second-order valence-corrected chi connectivity index (χ2v) is 4.04. The van der Waals surface area contributed by atoms with Crippen LogP contribution < -0.4 is 15.8 Å². The van der Waals surface area contributed by atoms with Gasteiger partial charge in [0.15, 0.2) is 5.82 Å². The molecule has 6 nitrogen and oxygen atoms in total. The van der Waals surface area contributed by atoms with Crippen LogP contribution in [0.2, 0.25) is 0 Å². The average Bonchev–Trinajstić information content (AvgIpc) is 2.83. The van der Waals surface area contributed by atoms with E-state index in [1.165, 1.54) is 6.33 Å². The molecular weight excluding hydrogens is 242 g/mol. The van der Waals surface area contributed by atoms with Gasteiger partial charge in [-0.05, 0) is 24.3 Å². The monoisotopic (exact) mass is 255 g/mol. The van der Waals surface area contributed by atoms with E-state index in [0.29, 0.717) is 17.0 Å². The lowest BCUT2D eigenvalue weighted by Crippen LogP contribution is -1.96. The van der Waals surface area contributed by atoms with E-state index in [1.54, 1.807) is 13.3 Å². The molecule has 3 rings (SSSR count). The molecule has 1 aromatic carbocycles. The predicted molar refractivity (Wildman–Crippen MR) is 74.6 cm³/mol. The number of anilines is 3. The van der Waals surface area contributed by atoms with Crippen LogP contribution in [0.5, 0.6) is 5.75 Å². The molecule has 3 aromatic rings. The molecular formula is C13H13N5O. The number of rotatable bonds is 3. The third kappa shape index (κ3) is 2.03. The van der Waals surface area contributed by atoms with Crippen molar-refractivity contribution in [2.75, 3.05) is 18.2 Å². The minimum Gasteiger partial charge on any atom is -0.497 e. The van der Waals surface area contributed by atoms with Gasteiger partial charge in [0, 0.05) is 11.9 Å². The lowest BCUT2D eigenvalue weighted by Gasteiger charge is -2.07. The summed E-state index contributed by atoms with van der Waals surface area (Å²) < 4.78 is 5.12. The molecule has 2 aromatic heterocycles. The van der Waals surface area contributed by atoms with Crippen molar-refractivity contribution < 1.29 is 4.74 Å². The van der Waals surface area contributed by atoms with Crippen LogP contribution in [-0.2, 0) is 0 Å². The number of hydrogen-bond donors (Lipinski definition) is 3. The summed E-state index contributed by atoms with van der Waals surface area (Å²) in [6.07, 6.45) is 3.19. The summed E-state index contributed by atoms with van der Waals surface area (Å²) in [6, 6.07) is 7.59. The molecule has 0 bridgehead atoms. The second kappa shape index (κ2) is 4.49. The molecule has 0 unspecified atom stereocenters. The van der Waals surface area contributed by atoms with E-state index in [2.05, 4.69) is 20.3 Å². The Kier molecular flexibility index (Phi) is 2.68. The lowest BCUT2D eigenvalue weighted by atomic mass is 10.3. The highest BCUT2D eigenvalue weighted by Gasteiger charge is 2.08. The number of methoxy groups -OCH3 is 1. The molecule has 19 heavy (non-hydrogen) atoms. The Labute approximate surface area is 109 Å². The zero-order valence-electron chi connectivity index (χ0n) is 10.3. The minimum absolute atomic E-state index is 0.607. The fraction of sp³-hybridized carbons (Fsp3) is 0.0769. The van der Waals surface area contributed by atoms with Crippen LogP contribution in [0.3, 0.4) is 0 Å². The average molecular weight is 255 g/mol. The maximum atomic E-state index is 5.81. The maximum Gasteiger partial charge on any atom is 0.158 e. The predicted octanol–water partition coefficient (Wildman–Crippen LogP) is 2.29. The Morgan fingerprint density at radius 2 is 2.00 bits per heavy atom. The standard InChI is InChI=1S/C13H13N5O/c1-19-9-4-2-8(3-5-9)18-13-12-11(16-7-17-13)10(14)6-15-12/h2-7,15H,14H2,1H3,(H,16,17,18). The van der Waals surface area contributed by atoms with Gasteiger partial charge < -0.3 is 20.8 Å². The first-order valence-electron chi connectivity index (χ1n) is 5.76. The molecule has 0 spiro atoms. The van der Waals surface area contributed by atoms with Gasteiger partial charge in [0.2, 0.25) is 0 Å². The molecule has 2 heterocycles. The Morgan fingerprint density at radius 3 is 2.74 bits per heavy atom. The number of nitrogens with one attached hydrogen (secondary N) is 2. The fourth-order valence-corrected chi connectivity index (χ4v) is 1.87. The zero-order valence-corrected chi connectivity index (χ0v) is 10.3. The van der Waals surface area contributed by atoms with Crippen molar-refractivity contribution in [3.05, 3.63) is 36.8 Å². The normalized spacial score (nSPS) is 10.6. The summed E-state index contributed by atoms with van der Waals surface area (Å²) >= 11 is 0. The van der Waals surface area contributed by atoms with Crippen LogP contribution in [0.15, 0.2) is 36.8 Å². The van der Waals surface area contributed by atoms with Crippen LogP contribution >= 0.6 is 0 Å². The van der Waals surface area contributed by atoms with E-state index in [0.717, 1.165) is 17.0 Å². The molecule has 0 saturated heterocycles. The number of ether oxygens (including phenoxy) is 1. The van der Waals surface area contributed by atoms with Gasteiger partial charge in [0.25, 0.3) is 0 Å². The van der Waals surface area contributed by atoms with Crippen LogP contribution in [-0.4, -0.2) is 22.1 Å². The van der Waals surface area contributed by atoms with Gasteiger partial charge in [-0.25, -0.2) is 9.97 Å². The second-order valence-electron chi connectivity index (χ2n) is 4.04. The summed E-state index contributed by atoms with van der Waals surface area (Å²) in [5, 5.41) is 3.22. The highest BCUT2D eigenvalue weighted by atomic mass is 16.5. The molecule has 0 atom stereocenters. The largest absolute Gasteiger partial charge is 0.497 e. The van der Waals surface area contributed by atoms with E-state index in [9.17, 15) is 0 Å².